The minimum Gasteiger partial charge on any atom is -0.497 e. The molecule has 290 valence electrons. The van der Waals surface area contributed by atoms with Gasteiger partial charge in [0.2, 0.25) is 19.7 Å². The van der Waals surface area contributed by atoms with Crippen molar-refractivity contribution >= 4 is 41.8 Å². The second-order valence-corrected chi connectivity index (χ2v) is 18.1. The van der Waals surface area contributed by atoms with E-state index in [0.717, 1.165) is 5.56 Å². The highest BCUT2D eigenvalue weighted by molar-refractivity contribution is 7.94. The average Bonchev–Trinajstić information content (AvgIpc) is 3.20. The second-order valence-electron chi connectivity index (χ2n) is 12.0. The van der Waals surface area contributed by atoms with E-state index in [1.165, 1.54) is 98.1 Å². The van der Waals surface area contributed by atoms with Crippen molar-refractivity contribution in [2.24, 2.45) is 0 Å². The van der Waals surface area contributed by atoms with Crippen LogP contribution in [0.5, 0.6) is 23.0 Å². The molecule has 6 aromatic rings. The smallest absolute Gasteiger partial charge is 0.298 e. The summed E-state index contributed by atoms with van der Waals surface area (Å²) < 4.78 is 109. The highest BCUT2D eigenvalue weighted by Crippen LogP contribution is 2.39. The maximum absolute atomic E-state index is 13.1. The molecule has 0 atom stereocenters. The van der Waals surface area contributed by atoms with Gasteiger partial charge in [-0.3, -0.25) is 4.55 Å². The molecule has 0 fully saturated rings. The highest BCUT2D eigenvalue weighted by Gasteiger charge is 2.22. The Morgan fingerprint density at radius 1 is 0.589 bits per heavy atom. The Morgan fingerprint density at radius 3 is 1.59 bits per heavy atom. The molecule has 0 radical (unpaired) electrons. The molecule has 13 nitrogen and oxygen atoms in total. The number of aryl methyl sites for hydroxylation is 1. The number of sulfone groups is 2. The molecule has 0 unspecified atom stereocenters. The predicted molar refractivity (Wildman–Crippen MR) is 205 cm³/mol. The SMILES string of the molecule is COc1ccc(S(=O)(=O)c2ccc(COc3ccc(-c4ccc(Oc5ccc(S(=O)(=O)c6ccc(C)cc6)cc5)c(SOOO)c4)cc3S(=O)(=O)O)cc2)cc1. The van der Waals surface area contributed by atoms with Crippen molar-refractivity contribution in [2.75, 3.05) is 7.11 Å². The summed E-state index contributed by atoms with van der Waals surface area (Å²) in [6.45, 7) is 1.70. The van der Waals surface area contributed by atoms with E-state index < -0.39 is 34.7 Å². The molecule has 56 heavy (non-hydrogen) atoms. The molecule has 2 N–H and O–H groups in total. The van der Waals surface area contributed by atoms with Gasteiger partial charge in [0.05, 0.1) is 43.6 Å². The van der Waals surface area contributed by atoms with Gasteiger partial charge in [0.25, 0.3) is 10.1 Å². The van der Waals surface area contributed by atoms with E-state index in [0.29, 0.717) is 34.5 Å². The maximum Gasteiger partial charge on any atom is 0.298 e. The molecule has 0 aromatic heterocycles. The van der Waals surface area contributed by atoms with Gasteiger partial charge in [0, 0.05) is 0 Å². The van der Waals surface area contributed by atoms with Gasteiger partial charge in [0.1, 0.15) is 34.5 Å². The summed E-state index contributed by atoms with van der Waals surface area (Å²) in [5.74, 6) is 0.837. The van der Waals surface area contributed by atoms with E-state index in [4.69, 9.17) is 19.5 Å². The van der Waals surface area contributed by atoms with Crippen molar-refractivity contribution in [2.45, 2.75) is 42.9 Å². The predicted octanol–water partition coefficient (Wildman–Crippen LogP) is 8.38. The van der Waals surface area contributed by atoms with Crippen LogP contribution in [0.2, 0.25) is 0 Å². The van der Waals surface area contributed by atoms with Crippen LogP contribution >= 0.6 is 12.0 Å². The number of hydrogen-bond acceptors (Lipinski definition) is 13. The van der Waals surface area contributed by atoms with Crippen LogP contribution in [0.3, 0.4) is 0 Å². The van der Waals surface area contributed by atoms with Gasteiger partial charge in [-0.05, 0) is 121 Å². The fourth-order valence-electron chi connectivity index (χ4n) is 5.38. The van der Waals surface area contributed by atoms with Crippen LogP contribution < -0.4 is 14.2 Å². The fraction of sp³-hybridized carbons (Fsp3) is 0.0769. The molecule has 17 heteroatoms. The minimum atomic E-state index is -4.80. The Labute approximate surface area is 327 Å². The van der Waals surface area contributed by atoms with Gasteiger partial charge in [-0.2, -0.15) is 8.42 Å². The third-order valence-electron chi connectivity index (χ3n) is 8.34. The Morgan fingerprint density at radius 2 is 1.07 bits per heavy atom. The lowest BCUT2D eigenvalue weighted by Crippen LogP contribution is -2.05. The molecule has 0 bridgehead atoms. The van der Waals surface area contributed by atoms with Gasteiger partial charge in [0.15, 0.2) is 0 Å². The highest BCUT2D eigenvalue weighted by atomic mass is 32.2. The van der Waals surface area contributed by atoms with E-state index in [1.54, 1.807) is 42.5 Å². The molecule has 0 spiro atoms. The first-order valence-corrected chi connectivity index (χ1v) is 21.4. The summed E-state index contributed by atoms with van der Waals surface area (Å²) in [5.41, 5.74) is 2.22. The Kier molecular flexibility index (Phi) is 12.2. The summed E-state index contributed by atoms with van der Waals surface area (Å²) in [5, 5.41) is 12.6. The quantitative estimate of drug-likeness (QED) is 0.0434. The van der Waals surface area contributed by atoms with Gasteiger partial charge < -0.3 is 14.2 Å². The largest absolute Gasteiger partial charge is 0.497 e. The van der Waals surface area contributed by atoms with Crippen LogP contribution in [-0.2, 0) is 45.8 Å². The lowest BCUT2D eigenvalue weighted by Gasteiger charge is -2.14. The van der Waals surface area contributed by atoms with E-state index >= 15 is 0 Å². The van der Waals surface area contributed by atoms with E-state index in [-0.39, 0.29) is 48.3 Å². The van der Waals surface area contributed by atoms with E-state index in [2.05, 4.69) is 9.37 Å². The molecule has 0 aliphatic heterocycles. The molecule has 0 saturated carbocycles. The third-order valence-corrected chi connectivity index (χ3v) is 13.4. The second kappa shape index (κ2) is 16.9. The zero-order valence-corrected chi connectivity index (χ0v) is 32.7. The molecule has 0 heterocycles. The van der Waals surface area contributed by atoms with Crippen LogP contribution in [0.4, 0.5) is 0 Å². The molecule has 6 aromatic carbocycles. The maximum atomic E-state index is 13.1. The molecule has 6 rings (SSSR count). The summed E-state index contributed by atoms with van der Waals surface area (Å²) in [4.78, 5) is 0.0722. The molecule has 0 aliphatic rings. The fourth-order valence-corrected chi connectivity index (χ4v) is 9.03. The summed E-state index contributed by atoms with van der Waals surface area (Å²) >= 11 is 0.574. The minimum absolute atomic E-state index is 0.0431. The van der Waals surface area contributed by atoms with Crippen molar-refractivity contribution in [3.05, 3.63) is 145 Å². The van der Waals surface area contributed by atoms with Crippen molar-refractivity contribution in [3.8, 4) is 34.1 Å². The first-order chi connectivity index (χ1) is 26.7. The lowest BCUT2D eigenvalue weighted by atomic mass is 10.1. The molecule has 0 aliphatic carbocycles. The van der Waals surface area contributed by atoms with Crippen LogP contribution in [0, 0.1) is 6.92 Å². The first kappa shape index (κ1) is 40.4. The molecule has 0 amide bonds. The Bertz CT molecular complexity index is 2670. The van der Waals surface area contributed by atoms with Crippen molar-refractivity contribution in [1.29, 1.82) is 0 Å². The lowest BCUT2D eigenvalue weighted by molar-refractivity contribution is -0.432. The van der Waals surface area contributed by atoms with E-state index in [1.807, 2.05) is 6.92 Å². The number of rotatable bonds is 15. The monoisotopic (exact) mass is 836 g/mol. The number of benzene rings is 6. The van der Waals surface area contributed by atoms with Crippen LogP contribution in [0.1, 0.15) is 11.1 Å². The van der Waals surface area contributed by atoms with Gasteiger partial charge in [-0.25, -0.2) is 22.1 Å². The van der Waals surface area contributed by atoms with E-state index in [9.17, 15) is 29.8 Å². The van der Waals surface area contributed by atoms with Crippen LogP contribution in [-0.4, -0.2) is 42.2 Å². The molecule has 0 saturated heterocycles. The topological polar surface area (TPSA) is 189 Å². The zero-order chi connectivity index (χ0) is 40.1. The van der Waals surface area contributed by atoms with Gasteiger partial charge >= 0.3 is 0 Å². The number of hydrogen-bond donors (Lipinski definition) is 2. The first-order valence-electron chi connectivity index (χ1n) is 16.3. The molecular weight excluding hydrogens is 805 g/mol. The Balaban J connectivity index is 1.20. The van der Waals surface area contributed by atoms with Gasteiger partial charge in [-0.15, -0.1) is 4.33 Å². The zero-order valence-electron chi connectivity index (χ0n) is 29.4. The van der Waals surface area contributed by atoms with Crippen LogP contribution in [0.15, 0.2) is 163 Å². The summed E-state index contributed by atoms with van der Waals surface area (Å²) in [6.07, 6.45) is 0. The number of ether oxygens (including phenoxy) is 3. The average molecular weight is 837 g/mol. The van der Waals surface area contributed by atoms with Crippen molar-refractivity contribution < 1.29 is 58.6 Å². The third kappa shape index (κ3) is 9.23. The summed E-state index contributed by atoms with van der Waals surface area (Å²) in [6, 6.07) is 32.9. The summed E-state index contributed by atoms with van der Waals surface area (Å²) in [7, 11) is -10.9. The normalized spacial score (nSPS) is 11.9. The van der Waals surface area contributed by atoms with Crippen molar-refractivity contribution in [3.63, 3.8) is 0 Å². The standard InChI is InChI=1S/C39H32O13S4/c1-26-3-13-32(14-4-26)54(41,42)35-19-11-31(12-20-35)50-36-21-7-28(23-38(36)53-52-51-40)29-8-22-37(39(24-29)56(45,46)47)49-25-27-5-15-33(16-6-27)55(43,44)34-17-9-30(48-2)10-18-34/h3-24,40H,25H2,1-2H3,(H,45,46,47). The number of methoxy groups -OCH3 is 1. The van der Waals surface area contributed by atoms with Crippen LogP contribution in [0.25, 0.3) is 11.1 Å². The van der Waals surface area contributed by atoms with Gasteiger partial charge in [-0.1, -0.05) is 47.0 Å². The van der Waals surface area contributed by atoms with Crippen molar-refractivity contribution in [1.82, 2.24) is 0 Å². The molecular formula is C39H32O13S4. The Hall–Kier alpha value is -5.24.